The molecule has 2 N–H and O–H groups in total. The molecule has 168 valence electrons. The molecule has 0 spiro atoms. The molecule has 4 heterocycles. The average molecular weight is 485 g/mol. The molecule has 4 aromatic rings. The molecular weight excluding hydrogens is 467 g/mol. The van der Waals surface area contributed by atoms with E-state index >= 15 is 0 Å². The second-order valence-electron chi connectivity index (χ2n) is 7.62. The maximum absolute atomic E-state index is 13.4. The number of anilines is 1. The number of imidazole rings is 1. The summed E-state index contributed by atoms with van der Waals surface area (Å²) < 4.78 is 16.9. The lowest BCUT2D eigenvalue weighted by Crippen LogP contribution is -2.17. The number of amides is 1. The van der Waals surface area contributed by atoms with Gasteiger partial charge in [0, 0.05) is 36.4 Å². The van der Waals surface area contributed by atoms with E-state index in [1.807, 2.05) is 4.57 Å². The van der Waals surface area contributed by atoms with Crippen molar-refractivity contribution in [3.8, 4) is 5.75 Å². The van der Waals surface area contributed by atoms with Crippen molar-refractivity contribution < 1.29 is 14.3 Å². The van der Waals surface area contributed by atoms with Crippen LogP contribution in [0.15, 0.2) is 42.3 Å². The summed E-state index contributed by atoms with van der Waals surface area (Å²) in [7, 11) is 0. The fourth-order valence-electron chi connectivity index (χ4n) is 3.38. The fraction of sp³-hybridized carbons (Fsp3) is 0.182. The second-order valence-corrected chi connectivity index (χ2v) is 8.84. The second kappa shape index (κ2) is 8.80. The number of hydrogen-bond acceptors (Lipinski definition) is 6. The molecule has 1 amide bonds. The molecule has 1 aliphatic rings. The van der Waals surface area contributed by atoms with Gasteiger partial charge < -0.3 is 14.2 Å². The minimum Gasteiger partial charge on any atom is -0.506 e. The number of aromatic nitrogens is 5. The molecule has 0 aromatic carbocycles. The Morgan fingerprint density at radius 3 is 2.97 bits per heavy atom. The lowest BCUT2D eigenvalue weighted by atomic mass is 10.2. The highest BCUT2D eigenvalue weighted by molar-refractivity contribution is 7.14. The van der Waals surface area contributed by atoms with Gasteiger partial charge in [0.1, 0.15) is 22.3 Å². The van der Waals surface area contributed by atoms with Gasteiger partial charge in [-0.3, -0.25) is 10.1 Å². The van der Waals surface area contributed by atoms with Crippen LogP contribution >= 0.6 is 22.9 Å². The summed E-state index contributed by atoms with van der Waals surface area (Å²) in [6.07, 6.45) is 10.3. The zero-order valence-corrected chi connectivity index (χ0v) is 18.7. The van der Waals surface area contributed by atoms with E-state index in [-0.39, 0.29) is 18.0 Å². The van der Waals surface area contributed by atoms with Crippen molar-refractivity contribution in [3.05, 3.63) is 76.0 Å². The Balaban J connectivity index is 1.27. The van der Waals surface area contributed by atoms with E-state index in [2.05, 4.69) is 20.3 Å². The first-order valence-electron chi connectivity index (χ1n) is 10.1. The molecule has 5 rings (SSSR count). The maximum Gasteiger partial charge on any atom is 0.274 e. The van der Waals surface area contributed by atoms with Crippen molar-refractivity contribution in [1.29, 1.82) is 0 Å². The summed E-state index contributed by atoms with van der Waals surface area (Å²) in [5.41, 5.74) is 2.15. The van der Waals surface area contributed by atoms with E-state index < -0.39 is 11.9 Å². The normalized spacial score (nSPS) is 13.6. The lowest BCUT2D eigenvalue weighted by molar-refractivity contribution is 0.101. The van der Waals surface area contributed by atoms with E-state index in [4.69, 9.17) is 11.6 Å². The van der Waals surface area contributed by atoms with E-state index in [1.54, 1.807) is 29.9 Å². The number of hydrogen-bond donors (Lipinski definition) is 2. The van der Waals surface area contributed by atoms with Gasteiger partial charge >= 0.3 is 0 Å². The fourth-order valence-corrected chi connectivity index (χ4v) is 4.35. The first-order valence-corrected chi connectivity index (χ1v) is 11.4. The third kappa shape index (κ3) is 4.81. The molecule has 8 nitrogen and oxygen atoms in total. The number of pyridine rings is 1. The molecule has 1 saturated carbocycles. The Morgan fingerprint density at radius 1 is 1.33 bits per heavy atom. The summed E-state index contributed by atoms with van der Waals surface area (Å²) in [5.74, 6) is -1.13. The Hall–Kier alpha value is -3.50. The van der Waals surface area contributed by atoms with Gasteiger partial charge in [0.2, 0.25) is 5.95 Å². The monoisotopic (exact) mass is 484 g/mol. The molecule has 0 atom stereocenters. The van der Waals surface area contributed by atoms with Gasteiger partial charge in [-0.05, 0) is 42.7 Å². The number of thiazole rings is 1. The average Bonchev–Trinajstić information content (AvgIpc) is 3.24. The lowest BCUT2D eigenvalue weighted by Gasteiger charge is -2.08. The van der Waals surface area contributed by atoms with Crippen LogP contribution in [0, 0.1) is 5.95 Å². The predicted molar refractivity (Wildman–Crippen MR) is 124 cm³/mol. The van der Waals surface area contributed by atoms with Crippen LogP contribution < -0.4 is 5.32 Å². The highest BCUT2D eigenvalue weighted by Gasteiger charge is 2.26. The largest absolute Gasteiger partial charge is 0.506 e. The quantitative estimate of drug-likeness (QED) is 0.366. The first kappa shape index (κ1) is 21.4. The van der Waals surface area contributed by atoms with Crippen LogP contribution in [0.4, 0.5) is 9.52 Å². The predicted octanol–water partition coefficient (Wildman–Crippen LogP) is 4.84. The van der Waals surface area contributed by atoms with E-state index in [0.717, 1.165) is 12.8 Å². The Morgan fingerprint density at radius 2 is 2.18 bits per heavy atom. The van der Waals surface area contributed by atoms with Crippen LogP contribution in [0.5, 0.6) is 5.75 Å². The summed E-state index contributed by atoms with van der Waals surface area (Å²) in [4.78, 5) is 25.1. The molecule has 0 radical (unpaired) electrons. The van der Waals surface area contributed by atoms with Crippen molar-refractivity contribution in [3.63, 3.8) is 0 Å². The van der Waals surface area contributed by atoms with Crippen molar-refractivity contribution in [1.82, 2.24) is 24.1 Å². The molecule has 11 heteroatoms. The van der Waals surface area contributed by atoms with Gasteiger partial charge in [0.15, 0.2) is 5.13 Å². The number of carbonyl (C=O) groups is 1. The van der Waals surface area contributed by atoms with Crippen molar-refractivity contribution in [2.45, 2.75) is 25.4 Å². The SMILES string of the molecule is O=C(Nc1nc(/C=C/c2ncn(C3CC3)c2Cl)cs1)c1cc(O)cn1Cc1ccnc(F)c1. The Kier molecular flexibility index (Phi) is 5.69. The standard InChI is InChI=1S/C22H18ClFN6O2S/c23-20-17(26-12-30(20)15-2-3-15)4-1-14-11-33-22(27-14)28-21(32)18-8-16(31)10-29(18)9-13-5-6-25-19(24)7-13/h1,4-8,10-12,15,31H,2-3,9H2,(H,27,28,32)/b4-1+. The third-order valence-electron chi connectivity index (χ3n) is 5.11. The summed E-state index contributed by atoms with van der Waals surface area (Å²) in [5, 5.41) is 15.4. The van der Waals surface area contributed by atoms with Crippen LogP contribution in [0.1, 0.15) is 46.3 Å². The molecule has 4 aromatic heterocycles. The number of nitrogens with one attached hydrogen (secondary N) is 1. The summed E-state index contributed by atoms with van der Waals surface area (Å²) in [6, 6.07) is 4.71. The molecule has 1 aliphatic carbocycles. The molecule has 1 fully saturated rings. The summed E-state index contributed by atoms with van der Waals surface area (Å²) in [6.45, 7) is 0.197. The summed E-state index contributed by atoms with van der Waals surface area (Å²) >= 11 is 7.65. The Bertz CT molecular complexity index is 1360. The molecule has 0 bridgehead atoms. The van der Waals surface area contributed by atoms with E-state index in [1.165, 1.54) is 40.4 Å². The van der Waals surface area contributed by atoms with Crippen LogP contribution in [-0.4, -0.2) is 35.1 Å². The first-order chi connectivity index (χ1) is 16.0. The molecular formula is C22H18ClFN6O2S. The number of halogens is 2. The minimum atomic E-state index is -0.612. The zero-order valence-electron chi connectivity index (χ0n) is 17.2. The van der Waals surface area contributed by atoms with Gasteiger partial charge in [-0.25, -0.2) is 15.0 Å². The molecule has 0 aliphatic heterocycles. The highest BCUT2D eigenvalue weighted by atomic mass is 35.5. The van der Waals surface area contributed by atoms with Crippen LogP contribution in [0.3, 0.4) is 0 Å². The van der Waals surface area contributed by atoms with Crippen molar-refractivity contribution >= 4 is 46.1 Å². The number of rotatable bonds is 7. The van der Waals surface area contributed by atoms with Crippen LogP contribution in [0.2, 0.25) is 5.15 Å². The number of nitrogens with zero attached hydrogens (tertiary/aromatic N) is 5. The van der Waals surface area contributed by atoms with Gasteiger partial charge in [-0.2, -0.15) is 4.39 Å². The van der Waals surface area contributed by atoms with Crippen LogP contribution in [0.25, 0.3) is 12.2 Å². The maximum atomic E-state index is 13.4. The minimum absolute atomic E-state index is 0.0695. The topological polar surface area (TPSA) is 97.9 Å². The highest BCUT2D eigenvalue weighted by Crippen LogP contribution is 2.38. The van der Waals surface area contributed by atoms with Crippen molar-refractivity contribution in [2.24, 2.45) is 0 Å². The number of carbonyl (C=O) groups excluding carboxylic acids is 1. The van der Waals surface area contributed by atoms with Gasteiger partial charge in [0.25, 0.3) is 5.91 Å². The van der Waals surface area contributed by atoms with Gasteiger partial charge in [0.05, 0.1) is 12.0 Å². The van der Waals surface area contributed by atoms with Gasteiger partial charge in [-0.15, -0.1) is 11.3 Å². The molecule has 0 unspecified atom stereocenters. The smallest absolute Gasteiger partial charge is 0.274 e. The molecule has 0 saturated heterocycles. The Labute approximate surface area is 197 Å². The van der Waals surface area contributed by atoms with E-state index in [9.17, 15) is 14.3 Å². The van der Waals surface area contributed by atoms with Crippen LogP contribution in [-0.2, 0) is 6.54 Å². The van der Waals surface area contributed by atoms with E-state index in [0.29, 0.717) is 33.3 Å². The third-order valence-corrected chi connectivity index (χ3v) is 6.28. The van der Waals surface area contributed by atoms with Crippen molar-refractivity contribution in [2.75, 3.05) is 5.32 Å². The molecule has 33 heavy (non-hydrogen) atoms. The van der Waals surface area contributed by atoms with Gasteiger partial charge in [-0.1, -0.05) is 11.6 Å². The zero-order chi connectivity index (χ0) is 22.9. The number of aromatic hydroxyl groups is 1.